The molecule has 2 heterocycles. The Morgan fingerprint density at radius 3 is 2.32 bits per heavy atom. The minimum Gasteiger partial charge on any atom is -0.321 e. The first kappa shape index (κ1) is 23.7. The van der Waals surface area contributed by atoms with Crippen LogP contribution in [-0.2, 0) is 6.42 Å². The van der Waals surface area contributed by atoms with Gasteiger partial charge in [-0.25, -0.2) is 9.78 Å². The van der Waals surface area contributed by atoms with E-state index >= 15 is 0 Å². The van der Waals surface area contributed by atoms with E-state index in [0.29, 0.717) is 15.7 Å². The summed E-state index contributed by atoms with van der Waals surface area (Å²) in [6, 6.07) is 15.8. The Balaban J connectivity index is 1.42. The van der Waals surface area contributed by atoms with E-state index in [4.69, 9.17) is 0 Å². The molecule has 6 nitrogen and oxygen atoms in total. The van der Waals surface area contributed by atoms with E-state index in [0.717, 1.165) is 50.7 Å². The zero-order valence-electron chi connectivity index (χ0n) is 19.5. The molecule has 2 aromatic carbocycles. The molecule has 8 heteroatoms. The Bertz CT molecular complexity index is 1320. The molecular formula is C26H26N4O2S2. The Kier molecular flexibility index (Phi) is 7.09. The topological polar surface area (TPSA) is 83.1 Å². The van der Waals surface area contributed by atoms with Crippen molar-refractivity contribution in [2.24, 2.45) is 0 Å². The lowest BCUT2D eigenvalue weighted by Gasteiger charge is -2.12. The molecule has 0 saturated heterocycles. The summed E-state index contributed by atoms with van der Waals surface area (Å²) < 4.78 is 0. The molecule has 0 aliphatic carbocycles. The van der Waals surface area contributed by atoms with E-state index in [1.807, 2.05) is 62.5 Å². The van der Waals surface area contributed by atoms with Gasteiger partial charge in [0.2, 0.25) is 0 Å². The lowest BCUT2D eigenvalue weighted by atomic mass is 10.1. The summed E-state index contributed by atoms with van der Waals surface area (Å²) in [6.07, 6.45) is 0.735. The molecule has 3 amide bonds. The summed E-state index contributed by atoms with van der Waals surface area (Å²) in [5, 5.41) is 11.8. The quantitative estimate of drug-likeness (QED) is 0.274. The second kappa shape index (κ2) is 10.2. The zero-order chi connectivity index (χ0) is 24.2. The molecular weight excluding hydrogens is 464 g/mol. The van der Waals surface area contributed by atoms with Crippen molar-refractivity contribution < 1.29 is 9.59 Å². The van der Waals surface area contributed by atoms with Crippen LogP contribution in [0, 0.1) is 27.7 Å². The van der Waals surface area contributed by atoms with Gasteiger partial charge in [-0.2, -0.15) is 0 Å². The van der Waals surface area contributed by atoms with E-state index in [1.54, 1.807) is 6.92 Å². The zero-order valence-corrected chi connectivity index (χ0v) is 21.1. The number of anilines is 3. The first-order valence-electron chi connectivity index (χ1n) is 10.8. The van der Waals surface area contributed by atoms with E-state index in [2.05, 4.69) is 33.1 Å². The number of hydrogen-bond acceptors (Lipinski definition) is 5. The molecule has 0 atom stereocenters. The summed E-state index contributed by atoms with van der Waals surface area (Å²) in [7, 11) is 0. The second-order valence-corrected chi connectivity index (χ2v) is 10.1. The molecule has 174 valence electrons. The number of urea groups is 1. The lowest BCUT2D eigenvalue weighted by molar-refractivity contribution is 0.102. The van der Waals surface area contributed by atoms with Crippen molar-refractivity contribution >= 4 is 50.4 Å². The molecule has 0 radical (unpaired) electrons. The van der Waals surface area contributed by atoms with Crippen LogP contribution >= 0.6 is 22.7 Å². The van der Waals surface area contributed by atoms with Crippen LogP contribution in [0.15, 0.2) is 53.9 Å². The molecule has 3 N–H and O–H groups in total. The van der Waals surface area contributed by atoms with Gasteiger partial charge < -0.3 is 5.32 Å². The maximum absolute atomic E-state index is 12.9. The van der Waals surface area contributed by atoms with Crippen LogP contribution in [0.2, 0.25) is 0 Å². The number of carbonyl (C=O) groups is 2. The minimum absolute atomic E-state index is 0.234. The number of carbonyl (C=O) groups excluding carboxylic acids is 2. The SMILES string of the molecule is Cc1cc(C)c(NC(=O)c2sc(NC(=O)Nc3sccc3Cc3ccccc3)nc2C)c(C)c1. The average molecular weight is 491 g/mol. The number of aromatic nitrogens is 1. The van der Waals surface area contributed by atoms with Gasteiger partial charge in [0.15, 0.2) is 5.13 Å². The van der Waals surface area contributed by atoms with Crippen molar-refractivity contribution in [1.82, 2.24) is 4.98 Å². The van der Waals surface area contributed by atoms with Crippen molar-refractivity contribution in [2.75, 3.05) is 16.0 Å². The third kappa shape index (κ3) is 5.52. The molecule has 0 unspecified atom stereocenters. The van der Waals surface area contributed by atoms with Crippen molar-refractivity contribution in [3.8, 4) is 0 Å². The third-order valence-electron chi connectivity index (χ3n) is 5.35. The number of rotatable bonds is 6. The van der Waals surface area contributed by atoms with E-state index in [9.17, 15) is 9.59 Å². The predicted octanol–water partition coefficient (Wildman–Crippen LogP) is 6.93. The molecule has 2 aromatic heterocycles. The van der Waals surface area contributed by atoms with Gasteiger partial charge in [0.05, 0.1) is 10.7 Å². The number of benzene rings is 2. The summed E-state index contributed by atoms with van der Waals surface area (Å²) in [5.41, 5.74) is 6.76. The van der Waals surface area contributed by atoms with E-state index in [-0.39, 0.29) is 11.9 Å². The van der Waals surface area contributed by atoms with Crippen molar-refractivity contribution in [3.05, 3.63) is 92.3 Å². The molecule has 0 spiro atoms. The maximum Gasteiger partial charge on any atom is 0.326 e. The Morgan fingerprint density at radius 2 is 1.62 bits per heavy atom. The number of nitrogens with one attached hydrogen (secondary N) is 3. The fourth-order valence-corrected chi connectivity index (χ4v) is 5.51. The van der Waals surface area contributed by atoms with Crippen LogP contribution in [0.3, 0.4) is 0 Å². The first-order chi connectivity index (χ1) is 16.3. The number of thiophene rings is 1. The Hall–Kier alpha value is -3.49. The number of hydrogen-bond donors (Lipinski definition) is 3. The van der Waals surface area contributed by atoms with Crippen molar-refractivity contribution in [1.29, 1.82) is 0 Å². The largest absolute Gasteiger partial charge is 0.326 e. The molecule has 34 heavy (non-hydrogen) atoms. The molecule has 0 bridgehead atoms. The average Bonchev–Trinajstić information content (AvgIpc) is 3.37. The molecule has 4 rings (SSSR count). The van der Waals surface area contributed by atoms with E-state index < -0.39 is 0 Å². The van der Waals surface area contributed by atoms with Gasteiger partial charge in [-0.15, -0.1) is 11.3 Å². The standard InChI is InChI=1S/C26H26N4O2S2/c1-15-12-16(2)21(17(3)13-15)28-23(31)22-18(4)27-26(34-22)30-25(32)29-24-20(10-11-33-24)14-19-8-6-5-7-9-19/h5-13H,14H2,1-4H3,(H,28,31)(H2,27,29,30,32). The molecule has 0 fully saturated rings. The number of amides is 3. The first-order valence-corrected chi connectivity index (χ1v) is 12.5. The van der Waals surface area contributed by atoms with Gasteiger partial charge in [0.1, 0.15) is 4.88 Å². The second-order valence-electron chi connectivity index (χ2n) is 8.18. The number of nitrogens with zero attached hydrogens (tertiary/aromatic N) is 1. The maximum atomic E-state index is 12.9. The van der Waals surface area contributed by atoms with Crippen molar-refractivity contribution in [2.45, 2.75) is 34.1 Å². The summed E-state index contributed by atoms with van der Waals surface area (Å²) in [5.74, 6) is -0.234. The highest BCUT2D eigenvalue weighted by Gasteiger charge is 2.19. The van der Waals surface area contributed by atoms with Crippen LogP contribution < -0.4 is 16.0 Å². The van der Waals surface area contributed by atoms with E-state index in [1.165, 1.54) is 16.9 Å². The van der Waals surface area contributed by atoms with Gasteiger partial charge >= 0.3 is 6.03 Å². The fraction of sp³-hybridized carbons (Fsp3) is 0.192. The predicted molar refractivity (Wildman–Crippen MR) is 142 cm³/mol. The van der Waals surface area contributed by atoms with Gasteiger partial charge in [0.25, 0.3) is 5.91 Å². The highest BCUT2D eigenvalue weighted by atomic mass is 32.1. The molecule has 0 aliphatic rings. The van der Waals surface area contributed by atoms with Gasteiger partial charge in [-0.05, 0) is 61.4 Å². The summed E-state index contributed by atoms with van der Waals surface area (Å²) in [4.78, 5) is 30.4. The summed E-state index contributed by atoms with van der Waals surface area (Å²) in [6.45, 7) is 7.75. The monoisotopic (exact) mass is 490 g/mol. The van der Waals surface area contributed by atoms with Crippen LogP contribution in [0.25, 0.3) is 0 Å². The highest BCUT2D eigenvalue weighted by Crippen LogP contribution is 2.28. The minimum atomic E-state index is -0.386. The smallest absolute Gasteiger partial charge is 0.321 e. The third-order valence-corrected chi connectivity index (χ3v) is 7.29. The molecule has 4 aromatic rings. The van der Waals surface area contributed by atoms with Gasteiger partial charge in [-0.1, -0.05) is 59.4 Å². The fourth-order valence-electron chi connectivity index (χ4n) is 3.84. The van der Waals surface area contributed by atoms with Crippen LogP contribution in [0.5, 0.6) is 0 Å². The van der Waals surface area contributed by atoms with Crippen LogP contribution in [0.1, 0.15) is 43.2 Å². The van der Waals surface area contributed by atoms with Gasteiger partial charge in [-0.3, -0.25) is 15.4 Å². The normalized spacial score (nSPS) is 10.7. The highest BCUT2D eigenvalue weighted by molar-refractivity contribution is 7.18. The number of aryl methyl sites for hydroxylation is 4. The lowest BCUT2D eigenvalue weighted by Crippen LogP contribution is -2.19. The Morgan fingerprint density at radius 1 is 0.912 bits per heavy atom. The van der Waals surface area contributed by atoms with Crippen molar-refractivity contribution in [3.63, 3.8) is 0 Å². The Labute approximate surface area is 207 Å². The van der Waals surface area contributed by atoms with Crippen LogP contribution in [0.4, 0.5) is 20.6 Å². The molecule has 0 saturated carbocycles. The number of thiazole rings is 1. The summed E-state index contributed by atoms with van der Waals surface area (Å²) >= 11 is 2.63. The van der Waals surface area contributed by atoms with Crippen LogP contribution in [-0.4, -0.2) is 16.9 Å². The molecule has 0 aliphatic heterocycles. The van der Waals surface area contributed by atoms with Gasteiger partial charge in [0, 0.05) is 12.1 Å².